The molecule has 0 spiro atoms. The number of nitrogens with zero attached hydrogens (tertiary/aromatic N) is 1. The van der Waals surface area contributed by atoms with E-state index in [1.165, 1.54) is 6.08 Å². The molecule has 5 heteroatoms. The highest BCUT2D eigenvalue weighted by Gasteiger charge is 2.08. The van der Waals surface area contributed by atoms with Crippen molar-refractivity contribution in [2.24, 2.45) is 5.10 Å². The van der Waals surface area contributed by atoms with Crippen molar-refractivity contribution < 1.29 is 14.3 Å². The van der Waals surface area contributed by atoms with Crippen molar-refractivity contribution in [3.63, 3.8) is 0 Å². The van der Waals surface area contributed by atoms with Crippen molar-refractivity contribution in [2.45, 2.75) is 6.92 Å². The lowest BCUT2D eigenvalue weighted by molar-refractivity contribution is -0.143. The number of benzene rings is 2. The number of carbonyl (C=O) groups is 2. The second kappa shape index (κ2) is 9.05. The Kier molecular flexibility index (Phi) is 6.46. The van der Waals surface area contributed by atoms with Gasteiger partial charge in [0.15, 0.2) is 6.61 Å². The van der Waals surface area contributed by atoms with Gasteiger partial charge in [0.05, 0.1) is 5.71 Å². The van der Waals surface area contributed by atoms with Crippen LogP contribution in [0.3, 0.4) is 0 Å². The van der Waals surface area contributed by atoms with E-state index in [-0.39, 0.29) is 6.61 Å². The van der Waals surface area contributed by atoms with Crippen LogP contribution in [0.15, 0.2) is 77.9 Å². The zero-order valence-corrected chi connectivity index (χ0v) is 13.3. The van der Waals surface area contributed by atoms with Gasteiger partial charge < -0.3 is 4.74 Å². The van der Waals surface area contributed by atoms with E-state index in [1.807, 2.05) is 60.7 Å². The number of esters is 1. The standard InChI is InChI=1S/C19H18N2O3/c1-2-9-18(23)24-14-17(22)20-21-19(15-10-5-3-6-11-15)16-12-7-4-8-13-16/h2-13H,14H2,1H3,(H,20,22)/b9-2+. The van der Waals surface area contributed by atoms with E-state index in [2.05, 4.69) is 10.5 Å². The smallest absolute Gasteiger partial charge is 0.330 e. The SMILES string of the molecule is C/C=C/C(=O)OCC(=O)NN=C(c1ccccc1)c1ccccc1. The number of allylic oxidation sites excluding steroid dienone is 1. The summed E-state index contributed by atoms with van der Waals surface area (Å²) < 4.78 is 4.78. The molecule has 0 aliphatic carbocycles. The molecule has 0 saturated heterocycles. The highest BCUT2D eigenvalue weighted by molar-refractivity contribution is 6.13. The number of hydrogen-bond donors (Lipinski definition) is 1. The van der Waals surface area contributed by atoms with E-state index >= 15 is 0 Å². The number of ether oxygens (including phenoxy) is 1. The molecule has 0 aromatic heterocycles. The molecule has 2 rings (SSSR count). The maximum Gasteiger partial charge on any atom is 0.330 e. The minimum Gasteiger partial charge on any atom is -0.452 e. The lowest BCUT2D eigenvalue weighted by atomic mass is 10.0. The molecule has 0 radical (unpaired) electrons. The fraction of sp³-hybridized carbons (Fsp3) is 0.105. The molecule has 122 valence electrons. The zero-order chi connectivity index (χ0) is 17.2. The largest absolute Gasteiger partial charge is 0.452 e. The summed E-state index contributed by atoms with van der Waals surface area (Å²) in [7, 11) is 0. The quantitative estimate of drug-likeness (QED) is 0.385. The summed E-state index contributed by atoms with van der Waals surface area (Å²) in [5.74, 6) is -1.07. The predicted molar refractivity (Wildman–Crippen MR) is 92.4 cm³/mol. The van der Waals surface area contributed by atoms with E-state index in [1.54, 1.807) is 13.0 Å². The van der Waals surface area contributed by atoms with Crippen molar-refractivity contribution in [3.05, 3.63) is 83.9 Å². The minimum absolute atomic E-state index is 0.385. The first kappa shape index (κ1) is 17.1. The van der Waals surface area contributed by atoms with Crippen LogP contribution < -0.4 is 5.43 Å². The van der Waals surface area contributed by atoms with Crippen LogP contribution in [-0.2, 0) is 14.3 Å². The fourth-order valence-corrected chi connectivity index (χ4v) is 1.96. The van der Waals surface area contributed by atoms with Gasteiger partial charge >= 0.3 is 5.97 Å². The van der Waals surface area contributed by atoms with Crippen molar-refractivity contribution in [2.75, 3.05) is 6.61 Å². The average Bonchev–Trinajstić information content (AvgIpc) is 2.62. The molecule has 1 N–H and O–H groups in total. The summed E-state index contributed by atoms with van der Waals surface area (Å²) in [5, 5.41) is 4.20. The summed E-state index contributed by atoms with van der Waals surface area (Å²) in [4.78, 5) is 23.0. The fourth-order valence-electron chi connectivity index (χ4n) is 1.96. The number of nitrogens with one attached hydrogen (secondary N) is 1. The third-order valence-electron chi connectivity index (χ3n) is 3.04. The molecule has 0 atom stereocenters. The molecule has 5 nitrogen and oxygen atoms in total. The molecule has 2 aromatic carbocycles. The van der Waals surface area contributed by atoms with Crippen LogP contribution in [0.5, 0.6) is 0 Å². The van der Waals surface area contributed by atoms with Gasteiger partial charge in [-0.3, -0.25) is 4.79 Å². The highest BCUT2D eigenvalue weighted by atomic mass is 16.5. The lowest BCUT2D eigenvalue weighted by Gasteiger charge is -2.08. The Bertz CT molecular complexity index is 696. The second-order valence-corrected chi connectivity index (χ2v) is 4.84. The van der Waals surface area contributed by atoms with Crippen LogP contribution >= 0.6 is 0 Å². The predicted octanol–water partition coefficient (Wildman–Crippen LogP) is 2.67. The van der Waals surface area contributed by atoms with E-state index in [9.17, 15) is 9.59 Å². The van der Waals surface area contributed by atoms with Crippen LogP contribution in [0.1, 0.15) is 18.1 Å². The van der Waals surface area contributed by atoms with Gasteiger partial charge in [-0.05, 0) is 6.92 Å². The van der Waals surface area contributed by atoms with Crippen molar-refractivity contribution in [1.29, 1.82) is 0 Å². The van der Waals surface area contributed by atoms with Crippen molar-refractivity contribution >= 4 is 17.6 Å². The first-order valence-corrected chi connectivity index (χ1v) is 7.47. The van der Waals surface area contributed by atoms with Gasteiger partial charge in [0.25, 0.3) is 5.91 Å². The molecule has 1 amide bonds. The molecule has 0 aliphatic rings. The average molecular weight is 322 g/mol. The summed E-state index contributed by atoms with van der Waals surface area (Å²) in [6.07, 6.45) is 2.79. The molecule has 0 saturated carbocycles. The Morgan fingerprint density at radius 1 is 1.00 bits per heavy atom. The molecule has 0 unspecified atom stereocenters. The summed E-state index contributed by atoms with van der Waals surface area (Å²) >= 11 is 0. The Hall–Kier alpha value is -3.21. The molecule has 2 aromatic rings. The molecule has 0 fully saturated rings. The van der Waals surface area contributed by atoms with Gasteiger partial charge in [-0.15, -0.1) is 0 Å². The first-order chi connectivity index (χ1) is 11.7. The van der Waals surface area contributed by atoms with Gasteiger partial charge in [0.2, 0.25) is 0 Å². The van der Waals surface area contributed by atoms with Gasteiger partial charge in [0, 0.05) is 17.2 Å². The monoisotopic (exact) mass is 322 g/mol. The van der Waals surface area contributed by atoms with Gasteiger partial charge in [0.1, 0.15) is 0 Å². The molecule has 0 aliphatic heterocycles. The van der Waals surface area contributed by atoms with Crippen LogP contribution in [0.2, 0.25) is 0 Å². The molecular weight excluding hydrogens is 304 g/mol. The topological polar surface area (TPSA) is 67.8 Å². The Morgan fingerprint density at radius 2 is 1.54 bits per heavy atom. The van der Waals surface area contributed by atoms with Crippen molar-refractivity contribution in [3.8, 4) is 0 Å². The number of carbonyl (C=O) groups excluding carboxylic acids is 2. The van der Waals surface area contributed by atoms with E-state index < -0.39 is 11.9 Å². The van der Waals surface area contributed by atoms with Crippen LogP contribution in [0.4, 0.5) is 0 Å². The van der Waals surface area contributed by atoms with Gasteiger partial charge in [-0.25, -0.2) is 10.2 Å². The number of rotatable bonds is 6. The summed E-state index contributed by atoms with van der Waals surface area (Å²) in [6.45, 7) is 1.31. The zero-order valence-electron chi connectivity index (χ0n) is 13.3. The van der Waals surface area contributed by atoms with Gasteiger partial charge in [-0.2, -0.15) is 5.10 Å². The van der Waals surface area contributed by atoms with E-state index in [0.29, 0.717) is 5.71 Å². The van der Waals surface area contributed by atoms with E-state index in [4.69, 9.17) is 4.74 Å². The molecular formula is C19H18N2O3. The molecule has 0 bridgehead atoms. The molecule has 0 heterocycles. The first-order valence-electron chi connectivity index (χ1n) is 7.47. The maximum atomic E-state index is 11.8. The van der Waals surface area contributed by atoms with Crippen LogP contribution in [-0.4, -0.2) is 24.2 Å². The highest BCUT2D eigenvalue weighted by Crippen LogP contribution is 2.10. The van der Waals surface area contributed by atoms with Crippen LogP contribution in [0.25, 0.3) is 0 Å². The number of hydrazone groups is 1. The number of hydrogen-bond acceptors (Lipinski definition) is 4. The van der Waals surface area contributed by atoms with Crippen LogP contribution in [0, 0.1) is 0 Å². The maximum absolute atomic E-state index is 11.8. The minimum atomic E-state index is -0.567. The third-order valence-corrected chi connectivity index (χ3v) is 3.04. The van der Waals surface area contributed by atoms with E-state index in [0.717, 1.165) is 11.1 Å². The Morgan fingerprint density at radius 3 is 2.04 bits per heavy atom. The Labute approximate surface area is 140 Å². The third kappa shape index (κ3) is 5.21. The van der Waals surface area contributed by atoms with Crippen molar-refractivity contribution in [1.82, 2.24) is 5.43 Å². The Balaban J connectivity index is 2.12. The molecule has 24 heavy (non-hydrogen) atoms. The summed E-state index contributed by atoms with van der Waals surface area (Å²) in [5.41, 5.74) is 4.79. The second-order valence-electron chi connectivity index (χ2n) is 4.84. The summed E-state index contributed by atoms with van der Waals surface area (Å²) in [6, 6.07) is 19.0. The normalized spacial score (nSPS) is 10.2. The van der Waals surface area contributed by atoms with Gasteiger partial charge in [-0.1, -0.05) is 66.7 Å². The number of amides is 1. The lowest BCUT2D eigenvalue weighted by Crippen LogP contribution is -2.26.